The van der Waals surface area contributed by atoms with E-state index < -0.39 is 17.5 Å². The van der Waals surface area contributed by atoms with Gasteiger partial charge in [0.15, 0.2) is 16.8 Å². The van der Waals surface area contributed by atoms with E-state index in [4.69, 9.17) is 5.73 Å². The van der Waals surface area contributed by atoms with E-state index in [0.717, 1.165) is 12.1 Å². The van der Waals surface area contributed by atoms with Gasteiger partial charge in [-0.25, -0.2) is 28.1 Å². The number of amides is 1. The van der Waals surface area contributed by atoms with Crippen LogP contribution in [0.25, 0.3) is 33.3 Å². The molecule has 12 heteroatoms. The fraction of sp³-hybridized carbons (Fsp3) is 0.167. The number of hydrogen-bond donors (Lipinski definition) is 3. The zero-order valence-corrected chi connectivity index (χ0v) is 22.7. The largest absolute Gasteiger partial charge is 0.375 e. The molecule has 0 unspecified atom stereocenters. The van der Waals surface area contributed by atoms with Crippen LogP contribution in [0.2, 0.25) is 0 Å². The third-order valence-corrected chi connectivity index (χ3v) is 7.78. The van der Waals surface area contributed by atoms with Crippen molar-refractivity contribution in [1.29, 1.82) is 5.26 Å². The fourth-order valence-electron chi connectivity index (χ4n) is 5.22. The minimum atomic E-state index is -0.809. The number of thiazole rings is 1. The number of carbonyl (C=O) groups excluding carboxylic acids is 1. The first kappa shape index (κ1) is 27.2. The van der Waals surface area contributed by atoms with Crippen molar-refractivity contribution in [3.8, 4) is 28.5 Å². The van der Waals surface area contributed by atoms with Gasteiger partial charge in [-0.2, -0.15) is 5.26 Å². The number of pyridine rings is 1. The number of aromatic nitrogens is 3. The van der Waals surface area contributed by atoms with Crippen molar-refractivity contribution in [2.45, 2.75) is 31.7 Å². The van der Waals surface area contributed by atoms with Crippen molar-refractivity contribution >= 4 is 44.8 Å². The van der Waals surface area contributed by atoms with Crippen molar-refractivity contribution in [2.75, 3.05) is 5.73 Å². The molecule has 3 heterocycles. The maximum atomic E-state index is 16.2. The summed E-state index contributed by atoms with van der Waals surface area (Å²) < 4.78 is 45.0. The summed E-state index contributed by atoms with van der Waals surface area (Å²) in [6.07, 6.45) is 3.71. The van der Waals surface area contributed by atoms with Gasteiger partial charge < -0.3 is 16.0 Å². The maximum absolute atomic E-state index is 16.2. The number of H-pyrrole nitrogens is 1. The van der Waals surface area contributed by atoms with Crippen LogP contribution in [-0.4, -0.2) is 32.6 Å². The van der Waals surface area contributed by atoms with Crippen LogP contribution < -0.4 is 11.1 Å². The Morgan fingerprint density at radius 2 is 2.00 bits per heavy atom. The SMILES string of the molecule is N#Cc1c(-c2c[nH]c3c(F)cc(F)cc23)nc(/N=C2\CCC[C@H](NC(=O)c3csc(N)n3)C2)c(F)c1-c1ccccc1. The van der Waals surface area contributed by atoms with E-state index in [-0.39, 0.29) is 56.7 Å². The number of nitrogens with two attached hydrogens (primary N) is 1. The summed E-state index contributed by atoms with van der Waals surface area (Å²) in [5.41, 5.74) is 7.09. The van der Waals surface area contributed by atoms with E-state index in [0.29, 0.717) is 42.1 Å². The number of halogens is 3. The van der Waals surface area contributed by atoms with E-state index in [1.807, 2.05) is 6.07 Å². The highest BCUT2D eigenvalue weighted by Crippen LogP contribution is 2.40. The number of nitrogens with zero attached hydrogens (tertiary/aromatic N) is 4. The number of nitrogen functional groups attached to an aromatic ring is 1. The Morgan fingerprint density at radius 3 is 2.74 bits per heavy atom. The Balaban J connectivity index is 1.45. The van der Waals surface area contributed by atoms with E-state index in [2.05, 4.69) is 25.3 Å². The molecule has 0 bridgehead atoms. The average Bonchev–Trinajstić information content (AvgIpc) is 3.61. The van der Waals surface area contributed by atoms with Crippen molar-refractivity contribution in [1.82, 2.24) is 20.3 Å². The molecule has 1 fully saturated rings. The Bertz CT molecular complexity index is 1910. The van der Waals surface area contributed by atoms with Gasteiger partial charge in [0.05, 0.1) is 16.8 Å². The lowest BCUT2D eigenvalue weighted by Crippen LogP contribution is -2.38. The van der Waals surface area contributed by atoms with Gasteiger partial charge in [0.2, 0.25) is 0 Å². The molecule has 8 nitrogen and oxygen atoms in total. The average molecular weight is 586 g/mol. The first-order valence-electron chi connectivity index (χ1n) is 13.1. The van der Waals surface area contributed by atoms with E-state index in [1.54, 1.807) is 35.7 Å². The Morgan fingerprint density at radius 1 is 1.19 bits per heavy atom. The molecule has 0 aliphatic heterocycles. The van der Waals surface area contributed by atoms with Gasteiger partial charge in [-0.1, -0.05) is 30.3 Å². The molecule has 5 aromatic rings. The lowest BCUT2D eigenvalue weighted by atomic mass is 9.93. The Kier molecular flexibility index (Phi) is 7.18. The van der Waals surface area contributed by atoms with Gasteiger partial charge in [-0.15, -0.1) is 11.3 Å². The molecule has 4 N–H and O–H groups in total. The highest BCUT2D eigenvalue weighted by Gasteiger charge is 2.27. The van der Waals surface area contributed by atoms with Crippen LogP contribution in [0.3, 0.4) is 0 Å². The fourth-order valence-corrected chi connectivity index (χ4v) is 5.77. The molecule has 3 aromatic heterocycles. The summed E-state index contributed by atoms with van der Waals surface area (Å²) in [5.74, 6) is -3.03. The second kappa shape index (κ2) is 11.1. The number of nitrogens with one attached hydrogen (secondary N) is 2. The molecule has 0 radical (unpaired) electrons. The van der Waals surface area contributed by atoms with Crippen molar-refractivity contribution < 1.29 is 18.0 Å². The van der Waals surface area contributed by atoms with Gasteiger partial charge in [0, 0.05) is 52.3 Å². The summed E-state index contributed by atoms with van der Waals surface area (Å²) >= 11 is 1.17. The maximum Gasteiger partial charge on any atom is 0.271 e. The molecular weight excluding hydrogens is 563 g/mol. The highest BCUT2D eigenvalue weighted by molar-refractivity contribution is 7.13. The minimum absolute atomic E-state index is 0.0181. The molecular formula is C30H22F3N7OS. The van der Waals surface area contributed by atoms with Crippen molar-refractivity contribution in [3.63, 3.8) is 0 Å². The second-order valence-electron chi connectivity index (χ2n) is 9.85. The first-order valence-corrected chi connectivity index (χ1v) is 13.9. The normalized spacial score (nSPS) is 16.0. The van der Waals surface area contributed by atoms with Crippen LogP contribution in [0.5, 0.6) is 0 Å². The van der Waals surface area contributed by atoms with Gasteiger partial charge in [-0.3, -0.25) is 4.79 Å². The van der Waals surface area contributed by atoms with Gasteiger partial charge in [0.1, 0.15) is 23.4 Å². The number of nitriles is 1. The molecule has 6 rings (SSSR count). The third kappa shape index (κ3) is 5.10. The monoisotopic (exact) mass is 585 g/mol. The minimum Gasteiger partial charge on any atom is -0.375 e. The van der Waals surface area contributed by atoms with Crippen LogP contribution in [0.15, 0.2) is 59.0 Å². The smallest absolute Gasteiger partial charge is 0.271 e. The molecule has 42 heavy (non-hydrogen) atoms. The summed E-state index contributed by atoms with van der Waals surface area (Å²) in [5, 5.41) is 15.1. The number of aliphatic imine (C=N–C) groups is 1. The Labute approximate surface area is 241 Å². The lowest BCUT2D eigenvalue weighted by molar-refractivity contribution is 0.0930. The molecule has 1 saturated carbocycles. The van der Waals surface area contributed by atoms with E-state index in [9.17, 15) is 18.8 Å². The van der Waals surface area contributed by atoms with Crippen molar-refractivity contribution in [2.24, 2.45) is 4.99 Å². The number of aromatic amines is 1. The molecule has 1 amide bonds. The molecule has 1 aliphatic carbocycles. The summed E-state index contributed by atoms with van der Waals surface area (Å²) in [7, 11) is 0. The standard InChI is InChI=1S/C30H22F3N7OS/c31-16-9-19-21(13-36-27(19)22(32)10-16)26-20(12-34)24(15-5-2-1-3-6-15)25(33)28(40-26)37-17-7-4-8-18(11-17)38-29(41)23-14-42-30(35)39-23/h1-3,5-6,9-10,13-14,18,36H,4,7-8,11H2,(H2,35,39)(H,38,41)/b37-17+/t18-/m0/s1. The number of anilines is 1. The zero-order chi connectivity index (χ0) is 29.4. The van der Waals surface area contributed by atoms with Crippen LogP contribution in [0, 0.1) is 28.8 Å². The lowest BCUT2D eigenvalue weighted by Gasteiger charge is -2.24. The first-order chi connectivity index (χ1) is 20.3. The molecule has 210 valence electrons. The third-order valence-electron chi connectivity index (χ3n) is 7.11. The topological polar surface area (TPSA) is 133 Å². The number of carbonyl (C=O) groups is 1. The quantitative estimate of drug-likeness (QED) is 0.212. The Hall–Kier alpha value is -5.02. The van der Waals surface area contributed by atoms with Crippen LogP contribution in [-0.2, 0) is 0 Å². The predicted octanol–water partition coefficient (Wildman–Crippen LogP) is 6.67. The number of benzene rings is 2. The summed E-state index contributed by atoms with van der Waals surface area (Å²) in [4.78, 5) is 28.4. The molecule has 1 aliphatic rings. The van der Waals surface area contributed by atoms with Gasteiger partial charge in [0.25, 0.3) is 5.91 Å². The van der Waals surface area contributed by atoms with E-state index >= 15 is 4.39 Å². The van der Waals surface area contributed by atoms with Crippen LogP contribution >= 0.6 is 11.3 Å². The zero-order valence-electron chi connectivity index (χ0n) is 21.9. The highest BCUT2D eigenvalue weighted by atomic mass is 32.1. The number of fused-ring (bicyclic) bond motifs is 1. The number of hydrogen-bond acceptors (Lipinski definition) is 7. The van der Waals surface area contributed by atoms with Crippen LogP contribution in [0.1, 0.15) is 41.7 Å². The van der Waals surface area contributed by atoms with Gasteiger partial charge >= 0.3 is 0 Å². The van der Waals surface area contributed by atoms with Crippen LogP contribution in [0.4, 0.5) is 24.1 Å². The van der Waals surface area contributed by atoms with Crippen molar-refractivity contribution in [3.05, 3.63) is 82.8 Å². The summed E-state index contributed by atoms with van der Waals surface area (Å²) in [6.45, 7) is 0. The number of rotatable bonds is 5. The molecule has 2 aromatic carbocycles. The van der Waals surface area contributed by atoms with E-state index in [1.165, 1.54) is 17.5 Å². The molecule has 1 atom stereocenters. The summed E-state index contributed by atoms with van der Waals surface area (Å²) in [6, 6.07) is 12.2. The second-order valence-corrected chi connectivity index (χ2v) is 10.7. The van der Waals surface area contributed by atoms with Gasteiger partial charge in [-0.05, 0) is 30.9 Å². The predicted molar refractivity (Wildman–Crippen MR) is 155 cm³/mol. The molecule has 0 saturated heterocycles. The molecule has 0 spiro atoms.